The zero-order valence-electron chi connectivity index (χ0n) is 9.43. The highest BCUT2D eigenvalue weighted by Crippen LogP contribution is 2.33. The molecule has 2 rings (SSSR count). The van der Waals surface area contributed by atoms with Gasteiger partial charge in [0.05, 0.1) is 23.3 Å². The lowest BCUT2D eigenvalue weighted by atomic mass is 10.2. The molecule has 0 aliphatic heterocycles. The lowest BCUT2D eigenvalue weighted by Gasteiger charge is -2.11. The fourth-order valence-corrected chi connectivity index (χ4v) is 1.77. The van der Waals surface area contributed by atoms with Gasteiger partial charge in [0.15, 0.2) is 5.75 Å². The Kier molecular flexibility index (Phi) is 3.83. The van der Waals surface area contributed by atoms with Gasteiger partial charge in [0.2, 0.25) is 0 Å². The van der Waals surface area contributed by atoms with Gasteiger partial charge < -0.3 is 9.84 Å². The number of aliphatic hydroxyl groups is 1. The highest BCUT2D eigenvalue weighted by atomic mass is 35.5. The maximum absolute atomic E-state index is 9.23. The Morgan fingerprint density at radius 2 is 2.00 bits per heavy atom. The molecule has 0 saturated carbocycles. The van der Waals surface area contributed by atoms with Crippen molar-refractivity contribution in [3.63, 3.8) is 0 Å². The summed E-state index contributed by atoms with van der Waals surface area (Å²) in [7, 11) is 0. The molecule has 2 aromatic carbocycles. The first-order valence-corrected chi connectivity index (χ1v) is 5.68. The van der Waals surface area contributed by atoms with E-state index in [-0.39, 0.29) is 6.61 Å². The molecule has 0 unspecified atom stereocenters. The second-order valence-corrected chi connectivity index (χ2v) is 4.04. The summed E-state index contributed by atoms with van der Waals surface area (Å²) >= 11 is 6.03. The van der Waals surface area contributed by atoms with Gasteiger partial charge in [0.25, 0.3) is 0 Å². The van der Waals surface area contributed by atoms with Crippen LogP contribution in [-0.2, 0) is 6.61 Å². The molecule has 0 amide bonds. The third-order valence-corrected chi connectivity index (χ3v) is 2.70. The van der Waals surface area contributed by atoms with Crippen molar-refractivity contribution in [2.24, 2.45) is 0 Å². The lowest BCUT2D eigenvalue weighted by molar-refractivity contribution is 0.276. The van der Waals surface area contributed by atoms with E-state index in [9.17, 15) is 5.11 Å². The van der Waals surface area contributed by atoms with Crippen molar-refractivity contribution in [2.45, 2.75) is 6.61 Å². The Bertz CT molecular complexity index is 605. The number of nitrogens with zero attached hydrogens (tertiary/aromatic N) is 1. The van der Waals surface area contributed by atoms with Crippen LogP contribution in [0, 0.1) is 11.3 Å². The zero-order valence-corrected chi connectivity index (χ0v) is 10.2. The molecule has 0 heterocycles. The minimum Gasteiger partial charge on any atom is -0.455 e. The van der Waals surface area contributed by atoms with Crippen LogP contribution >= 0.6 is 11.6 Å². The Morgan fingerprint density at radius 1 is 1.22 bits per heavy atom. The van der Waals surface area contributed by atoms with Crippen LogP contribution in [0.1, 0.15) is 11.1 Å². The summed E-state index contributed by atoms with van der Waals surface area (Å²) in [4.78, 5) is 0. The number of ether oxygens (including phenoxy) is 1. The first-order valence-electron chi connectivity index (χ1n) is 5.31. The van der Waals surface area contributed by atoms with E-state index in [1.54, 1.807) is 42.5 Å². The summed E-state index contributed by atoms with van der Waals surface area (Å²) in [5.74, 6) is 0.925. The molecule has 0 spiro atoms. The van der Waals surface area contributed by atoms with Crippen molar-refractivity contribution in [3.05, 3.63) is 58.6 Å². The number of aliphatic hydroxyl groups excluding tert-OH is 1. The van der Waals surface area contributed by atoms with Crippen LogP contribution in [0.15, 0.2) is 42.5 Å². The van der Waals surface area contributed by atoms with E-state index in [0.717, 1.165) is 0 Å². The topological polar surface area (TPSA) is 53.2 Å². The van der Waals surface area contributed by atoms with Gasteiger partial charge in [-0.05, 0) is 24.3 Å². The first kappa shape index (κ1) is 12.4. The van der Waals surface area contributed by atoms with Crippen molar-refractivity contribution in [1.82, 2.24) is 0 Å². The average Bonchev–Trinajstić information content (AvgIpc) is 2.41. The van der Waals surface area contributed by atoms with Crippen LogP contribution in [0.4, 0.5) is 0 Å². The normalized spacial score (nSPS) is 9.83. The summed E-state index contributed by atoms with van der Waals surface area (Å²) < 4.78 is 5.63. The summed E-state index contributed by atoms with van der Waals surface area (Å²) in [5.41, 5.74) is 1.11. The van der Waals surface area contributed by atoms with E-state index in [4.69, 9.17) is 21.6 Å². The molecule has 0 radical (unpaired) electrons. The average molecular weight is 260 g/mol. The molecule has 0 bridgehead atoms. The van der Waals surface area contributed by atoms with Crippen molar-refractivity contribution in [1.29, 1.82) is 5.26 Å². The Balaban J connectivity index is 2.37. The van der Waals surface area contributed by atoms with Gasteiger partial charge in [-0.1, -0.05) is 29.8 Å². The molecule has 0 aliphatic carbocycles. The molecule has 1 N–H and O–H groups in total. The van der Waals surface area contributed by atoms with E-state index in [0.29, 0.717) is 27.6 Å². The lowest BCUT2D eigenvalue weighted by Crippen LogP contribution is -1.92. The minimum absolute atomic E-state index is 0.159. The molecule has 0 aromatic heterocycles. The van der Waals surface area contributed by atoms with Crippen molar-refractivity contribution < 1.29 is 9.84 Å². The number of rotatable bonds is 3. The highest BCUT2D eigenvalue weighted by molar-refractivity contribution is 6.32. The molecule has 90 valence electrons. The smallest absolute Gasteiger partial charge is 0.151 e. The predicted octanol–water partition coefficient (Wildman–Crippen LogP) is 3.50. The second-order valence-electron chi connectivity index (χ2n) is 3.63. The number of para-hydroxylation sites is 1. The van der Waals surface area contributed by atoms with Crippen LogP contribution in [-0.4, -0.2) is 5.11 Å². The maximum Gasteiger partial charge on any atom is 0.151 e. The largest absolute Gasteiger partial charge is 0.455 e. The molecule has 0 aliphatic rings. The molecular weight excluding hydrogens is 250 g/mol. The van der Waals surface area contributed by atoms with Crippen LogP contribution in [0.5, 0.6) is 11.5 Å². The quantitative estimate of drug-likeness (QED) is 0.918. The number of nitriles is 1. The van der Waals surface area contributed by atoms with Gasteiger partial charge in [-0.15, -0.1) is 0 Å². The summed E-state index contributed by atoms with van der Waals surface area (Å²) in [6.07, 6.45) is 0. The first-order chi connectivity index (χ1) is 8.74. The summed E-state index contributed by atoms with van der Waals surface area (Å²) in [5, 5.41) is 18.5. The van der Waals surface area contributed by atoms with Gasteiger partial charge in [-0.3, -0.25) is 0 Å². The number of halogens is 1. The highest BCUT2D eigenvalue weighted by Gasteiger charge is 2.09. The van der Waals surface area contributed by atoms with Gasteiger partial charge in [-0.2, -0.15) is 5.26 Å². The van der Waals surface area contributed by atoms with E-state index >= 15 is 0 Å². The van der Waals surface area contributed by atoms with Gasteiger partial charge in [0.1, 0.15) is 5.75 Å². The molecule has 0 fully saturated rings. The second kappa shape index (κ2) is 5.54. The molecule has 0 atom stereocenters. The molecule has 3 nitrogen and oxygen atoms in total. The fraction of sp³-hybridized carbons (Fsp3) is 0.0714. The zero-order chi connectivity index (χ0) is 13.0. The SMILES string of the molecule is N#Cc1cccc(Oc2c(Cl)cccc2CO)c1. The number of hydrogen-bond acceptors (Lipinski definition) is 3. The summed E-state index contributed by atoms with van der Waals surface area (Å²) in [6.45, 7) is -0.159. The molecule has 4 heteroatoms. The van der Waals surface area contributed by atoms with Gasteiger partial charge in [-0.25, -0.2) is 0 Å². The number of hydrogen-bond donors (Lipinski definition) is 1. The Hall–Kier alpha value is -2.02. The predicted molar refractivity (Wildman–Crippen MR) is 68.6 cm³/mol. The standard InChI is InChI=1S/C14H10ClNO2/c15-13-6-2-4-11(9-17)14(13)18-12-5-1-3-10(7-12)8-16/h1-7,17H,9H2. The molecular formula is C14H10ClNO2. The van der Waals surface area contributed by atoms with Gasteiger partial charge >= 0.3 is 0 Å². The monoisotopic (exact) mass is 259 g/mol. The number of benzene rings is 2. The third-order valence-electron chi connectivity index (χ3n) is 2.40. The fourth-order valence-electron chi connectivity index (χ4n) is 1.54. The summed E-state index contributed by atoms with van der Waals surface area (Å²) in [6, 6.07) is 13.9. The van der Waals surface area contributed by atoms with Crippen LogP contribution in [0.3, 0.4) is 0 Å². The third kappa shape index (κ3) is 2.62. The van der Waals surface area contributed by atoms with Gasteiger partial charge in [0, 0.05) is 5.56 Å². The van der Waals surface area contributed by atoms with E-state index in [1.165, 1.54) is 0 Å². The van der Waals surface area contributed by atoms with Crippen molar-refractivity contribution >= 4 is 11.6 Å². The van der Waals surface area contributed by atoms with E-state index in [2.05, 4.69) is 0 Å². The minimum atomic E-state index is -0.159. The van der Waals surface area contributed by atoms with Crippen molar-refractivity contribution in [2.75, 3.05) is 0 Å². The van der Waals surface area contributed by atoms with Crippen LogP contribution in [0.25, 0.3) is 0 Å². The van der Waals surface area contributed by atoms with Crippen LogP contribution < -0.4 is 4.74 Å². The molecule has 0 saturated heterocycles. The molecule has 2 aromatic rings. The van der Waals surface area contributed by atoms with Crippen molar-refractivity contribution in [3.8, 4) is 17.6 Å². The van der Waals surface area contributed by atoms with E-state index in [1.807, 2.05) is 6.07 Å². The van der Waals surface area contributed by atoms with Crippen LogP contribution in [0.2, 0.25) is 5.02 Å². The Labute approximate surface area is 110 Å². The maximum atomic E-state index is 9.23. The Morgan fingerprint density at radius 3 is 2.72 bits per heavy atom. The van der Waals surface area contributed by atoms with E-state index < -0.39 is 0 Å². The molecule has 18 heavy (non-hydrogen) atoms.